The zero-order valence-electron chi connectivity index (χ0n) is 10.7. The van der Waals surface area contributed by atoms with Crippen molar-refractivity contribution in [2.75, 3.05) is 13.7 Å². The van der Waals surface area contributed by atoms with Gasteiger partial charge in [-0.3, -0.25) is 10.1 Å². The summed E-state index contributed by atoms with van der Waals surface area (Å²) in [6.45, 7) is 2.87. The Morgan fingerprint density at radius 1 is 1.44 bits per heavy atom. The molecule has 0 atom stereocenters. The van der Waals surface area contributed by atoms with E-state index in [1.165, 1.54) is 0 Å². The number of amides is 1. The minimum absolute atomic E-state index is 0.233. The van der Waals surface area contributed by atoms with Crippen LogP contribution >= 0.6 is 12.2 Å². The molecule has 1 aromatic carbocycles. The third-order valence-electron chi connectivity index (χ3n) is 2.37. The lowest BCUT2D eigenvalue weighted by Gasteiger charge is -2.09. The number of carbonyl (C=O) groups is 1. The van der Waals surface area contributed by atoms with Gasteiger partial charge in [-0.25, -0.2) is 0 Å². The van der Waals surface area contributed by atoms with E-state index in [2.05, 4.69) is 17.6 Å². The molecule has 0 saturated carbocycles. The summed E-state index contributed by atoms with van der Waals surface area (Å²) in [5.41, 5.74) is 0.522. The Morgan fingerprint density at radius 2 is 2.22 bits per heavy atom. The summed E-state index contributed by atoms with van der Waals surface area (Å²) < 4.78 is 5.06. The zero-order valence-corrected chi connectivity index (χ0v) is 11.5. The van der Waals surface area contributed by atoms with E-state index < -0.39 is 0 Å². The van der Waals surface area contributed by atoms with E-state index in [4.69, 9.17) is 17.0 Å². The maximum Gasteiger partial charge on any atom is 0.257 e. The van der Waals surface area contributed by atoms with E-state index in [1.54, 1.807) is 31.4 Å². The van der Waals surface area contributed by atoms with Gasteiger partial charge in [-0.15, -0.1) is 0 Å². The molecule has 4 nitrogen and oxygen atoms in total. The molecular formula is C13H18N2O2S. The number of hydrogen-bond donors (Lipinski definition) is 2. The fraction of sp³-hybridized carbons (Fsp3) is 0.385. The monoisotopic (exact) mass is 266 g/mol. The molecule has 1 amide bonds. The normalized spacial score (nSPS) is 9.67. The second kappa shape index (κ2) is 7.66. The summed E-state index contributed by atoms with van der Waals surface area (Å²) in [6, 6.07) is 6.94. The van der Waals surface area contributed by atoms with E-state index in [-0.39, 0.29) is 5.91 Å². The molecule has 0 spiro atoms. The van der Waals surface area contributed by atoms with Crippen LogP contribution < -0.4 is 15.4 Å². The molecule has 1 aromatic rings. The van der Waals surface area contributed by atoms with Crippen LogP contribution in [0.4, 0.5) is 0 Å². The highest BCUT2D eigenvalue weighted by atomic mass is 32.1. The Morgan fingerprint density at radius 3 is 2.89 bits per heavy atom. The number of rotatable bonds is 5. The van der Waals surface area contributed by atoms with Gasteiger partial charge in [0.2, 0.25) is 0 Å². The molecule has 0 aliphatic heterocycles. The van der Waals surface area contributed by atoms with Crippen molar-refractivity contribution in [1.29, 1.82) is 0 Å². The Kier molecular flexibility index (Phi) is 6.14. The Labute approximate surface area is 113 Å². The van der Waals surface area contributed by atoms with Gasteiger partial charge < -0.3 is 10.1 Å². The molecule has 0 aliphatic carbocycles. The van der Waals surface area contributed by atoms with Crippen LogP contribution in [0.3, 0.4) is 0 Å². The van der Waals surface area contributed by atoms with Gasteiger partial charge in [-0.1, -0.05) is 19.4 Å². The van der Waals surface area contributed by atoms with Crippen molar-refractivity contribution in [2.45, 2.75) is 19.8 Å². The van der Waals surface area contributed by atoms with Gasteiger partial charge in [-0.2, -0.15) is 0 Å². The van der Waals surface area contributed by atoms with E-state index in [9.17, 15) is 4.79 Å². The highest BCUT2D eigenvalue weighted by Gasteiger charge is 2.08. The molecule has 0 saturated heterocycles. The summed E-state index contributed by atoms with van der Waals surface area (Å²) in [4.78, 5) is 11.9. The first kappa shape index (κ1) is 14.4. The first-order valence-corrected chi connectivity index (χ1v) is 6.31. The second-order valence-corrected chi connectivity index (χ2v) is 4.20. The van der Waals surface area contributed by atoms with Crippen molar-refractivity contribution >= 4 is 23.2 Å². The smallest absolute Gasteiger partial charge is 0.257 e. The average Bonchev–Trinajstić information content (AvgIpc) is 2.39. The lowest BCUT2D eigenvalue weighted by molar-refractivity contribution is 0.0976. The van der Waals surface area contributed by atoms with E-state index in [0.29, 0.717) is 16.4 Å². The maximum atomic E-state index is 11.9. The molecule has 0 aromatic heterocycles. The molecule has 0 aliphatic rings. The van der Waals surface area contributed by atoms with Gasteiger partial charge >= 0.3 is 0 Å². The third-order valence-corrected chi connectivity index (χ3v) is 2.62. The molecular weight excluding hydrogens is 248 g/mol. The first-order valence-electron chi connectivity index (χ1n) is 5.90. The second-order valence-electron chi connectivity index (χ2n) is 3.80. The highest BCUT2D eigenvalue weighted by Crippen LogP contribution is 2.12. The molecule has 0 bridgehead atoms. The van der Waals surface area contributed by atoms with Crippen LogP contribution in [0.2, 0.25) is 0 Å². The molecule has 18 heavy (non-hydrogen) atoms. The topological polar surface area (TPSA) is 50.4 Å². The molecule has 98 valence electrons. The number of benzene rings is 1. The Balaban J connectivity index is 2.51. The minimum Gasteiger partial charge on any atom is -0.497 e. The van der Waals surface area contributed by atoms with Gasteiger partial charge in [0, 0.05) is 12.1 Å². The number of ether oxygens (including phenoxy) is 1. The molecule has 5 heteroatoms. The van der Waals surface area contributed by atoms with Crippen molar-refractivity contribution in [3.05, 3.63) is 29.8 Å². The van der Waals surface area contributed by atoms with E-state index in [1.807, 2.05) is 0 Å². The van der Waals surface area contributed by atoms with Crippen LogP contribution in [0.5, 0.6) is 5.75 Å². The predicted octanol–water partition coefficient (Wildman–Crippen LogP) is 2.10. The summed E-state index contributed by atoms with van der Waals surface area (Å²) in [5.74, 6) is 0.412. The molecule has 2 N–H and O–H groups in total. The summed E-state index contributed by atoms with van der Waals surface area (Å²) in [6.07, 6.45) is 2.11. The lowest BCUT2D eigenvalue weighted by Crippen LogP contribution is -2.39. The van der Waals surface area contributed by atoms with Gasteiger partial charge in [-0.05, 0) is 36.8 Å². The maximum absolute atomic E-state index is 11.9. The number of methoxy groups -OCH3 is 1. The number of unbranched alkanes of at least 4 members (excludes halogenated alkanes) is 1. The van der Waals surface area contributed by atoms with Gasteiger partial charge in [0.15, 0.2) is 5.11 Å². The Hall–Kier alpha value is -1.62. The number of thiocarbonyl (C=S) groups is 1. The number of carbonyl (C=O) groups excluding carboxylic acids is 1. The van der Waals surface area contributed by atoms with E-state index >= 15 is 0 Å². The van der Waals surface area contributed by atoms with E-state index in [0.717, 1.165) is 19.4 Å². The average molecular weight is 266 g/mol. The predicted molar refractivity (Wildman–Crippen MR) is 76.0 cm³/mol. The molecule has 0 radical (unpaired) electrons. The van der Waals surface area contributed by atoms with Crippen molar-refractivity contribution < 1.29 is 9.53 Å². The minimum atomic E-state index is -0.233. The number of nitrogens with one attached hydrogen (secondary N) is 2. The van der Waals surface area contributed by atoms with Crippen LogP contribution in [-0.4, -0.2) is 24.7 Å². The van der Waals surface area contributed by atoms with Crippen molar-refractivity contribution in [3.63, 3.8) is 0 Å². The largest absolute Gasteiger partial charge is 0.497 e. The molecule has 0 unspecified atom stereocenters. The Bertz CT molecular complexity index is 421. The SMILES string of the molecule is CCCCNC(=S)NC(=O)c1cccc(OC)c1. The van der Waals surface area contributed by atoms with Gasteiger partial charge in [0.05, 0.1) is 7.11 Å². The van der Waals surface area contributed by atoms with Crippen molar-refractivity contribution in [3.8, 4) is 5.75 Å². The van der Waals surface area contributed by atoms with Crippen molar-refractivity contribution in [2.24, 2.45) is 0 Å². The van der Waals surface area contributed by atoms with Crippen LogP contribution in [0, 0.1) is 0 Å². The quantitative estimate of drug-likeness (QED) is 0.633. The fourth-order valence-corrected chi connectivity index (χ4v) is 1.56. The third kappa shape index (κ3) is 4.71. The standard InChI is InChI=1S/C13H18N2O2S/c1-3-4-8-14-13(18)15-12(16)10-6-5-7-11(9-10)17-2/h5-7,9H,3-4,8H2,1-2H3,(H2,14,15,16,18). The van der Waals surface area contributed by atoms with Crippen LogP contribution in [0.25, 0.3) is 0 Å². The summed E-state index contributed by atoms with van der Waals surface area (Å²) in [7, 11) is 1.56. The van der Waals surface area contributed by atoms with Crippen LogP contribution in [0.15, 0.2) is 24.3 Å². The van der Waals surface area contributed by atoms with Gasteiger partial charge in [0.1, 0.15) is 5.75 Å². The zero-order chi connectivity index (χ0) is 13.4. The van der Waals surface area contributed by atoms with Gasteiger partial charge in [0.25, 0.3) is 5.91 Å². The molecule has 0 fully saturated rings. The lowest BCUT2D eigenvalue weighted by atomic mass is 10.2. The summed E-state index contributed by atoms with van der Waals surface area (Å²) >= 11 is 5.03. The number of hydrogen-bond acceptors (Lipinski definition) is 3. The van der Waals surface area contributed by atoms with Crippen LogP contribution in [0.1, 0.15) is 30.1 Å². The van der Waals surface area contributed by atoms with Crippen molar-refractivity contribution in [1.82, 2.24) is 10.6 Å². The highest BCUT2D eigenvalue weighted by molar-refractivity contribution is 7.80. The van der Waals surface area contributed by atoms with Crippen LogP contribution in [-0.2, 0) is 0 Å². The molecule has 0 heterocycles. The fourth-order valence-electron chi connectivity index (χ4n) is 1.36. The summed E-state index contributed by atoms with van der Waals surface area (Å²) in [5, 5.41) is 5.97. The molecule has 1 rings (SSSR count). The first-order chi connectivity index (χ1) is 8.67.